The van der Waals surface area contributed by atoms with E-state index in [0.29, 0.717) is 5.82 Å². The molecule has 1 unspecified atom stereocenters. The molecule has 0 spiro atoms. The van der Waals surface area contributed by atoms with Gasteiger partial charge in [0.15, 0.2) is 6.10 Å². The second kappa shape index (κ2) is 6.79. The summed E-state index contributed by atoms with van der Waals surface area (Å²) in [7, 11) is 0. The molecule has 1 amide bonds. The van der Waals surface area contributed by atoms with Crippen LogP contribution >= 0.6 is 11.6 Å². The normalized spacial score (nSPS) is 12.3. The van der Waals surface area contributed by atoms with Crippen LogP contribution in [0.15, 0.2) is 30.5 Å². The zero-order valence-corrected chi connectivity index (χ0v) is 13.3. The first kappa shape index (κ1) is 16.3. The second-order valence-corrected chi connectivity index (χ2v) is 5.49. The summed E-state index contributed by atoms with van der Waals surface area (Å²) in [6.45, 7) is 5.51. The van der Waals surface area contributed by atoms with E-state index in [1.165, 1.54) is 12.1 Å². The zero-order chi connectivity index (χ0) is 16.3. The average molecular weight is 326 g/mol. The molecule has 0 saturated heterocycles. The average Bonchev–Trinajstić information content (AvgIpc) is 2.90. The molecule has 0 bridgehead atoms. The highest BCUT2D eigenvalue weighted by Crippen LogP contribution is 2.26. The molecule has 0 radical (unpaired) electrons. The van der Waals surface area contributed by atoms with E-state index in [0.717, 1.165) is 6.07 Å². The van der Waals surface area contributed by atoms with E-state index < -0.39 is 11.9 Å². The van der Waals surface area contributed by atoms with Crippen molar-refractivity contribution in [3.8, 4) is 5.75 Å². The van der Waals surface area contributed by atoms with Crippen LogP contribution in [0.5, 0.6) is 5.75 Å². The molecule has 0 aliphatic rings. The quantitative estimate of drug-likeness (QED) is 0.912. The predicted molar refractivity (Wildman–Crippen MR) is 82.7 cm³/mol. The number of hydrogen-bond donors (Lipinski definition) is 1. The Morgan fingerprint density at radius 2 is 2.09 bits per heavy atom. The molecule has 0 aliphatic heterocycles. The maximum absolute atomic E-state index is 13.0. The van der Waals surface area contributed by atoms with Gasteiger partial charge in [0, 0.05) is 12.1 Å². The van der Waals surface area contributed by atoms with Gasteiger partial charge in [-0.25, -0.2) is 9.07 Å². The molecule has 1 aromatic carbocycles. The number of halogens is 2. The van der Waals surface area contributed by atoms with Crippen LogP contribution in [0, 0.1) is 5.82 Å². The molecule has 5 nitrogen and oxygen atoms in total. The minimum Gasteiger partial charge on any atom is -0.479 e. The van der Waals surface area contributed by atoms with Gasteiger partial charge in [-0.15, -0.1) is 0 Å². The smallest absolute Gasteiger partial charge is 0.266 e. The lowest BCUT2D eigenvalue weighted by molar-refractivity contribution is -0.122. The van der Waals surface area contributed by atoms with Gasteiger partial charge in [0.1, 0.15) is 17.4 Å². The lowest BCUT2D eigenvalue weighted by Gasteiger charge is -2.17. The number of amides is 1. The molecule has 2 aromatic rings. The van der Waals surface area contributed by atoms with Gasteiger partial charge in [0.05, 0.1) is 11.2 Å². The molecule has 2 rings (SSSR count). The Balaban J connectivity index is 2.04. The molecule has 1 N–H and O–H groups in total. The van der Waals surface area contributed by atoms with E-state index in [-0.39, 0.29) is 22.7 Å². The Kier molecular flexibility index (Phi) is 5.03. The first-order valence-electron chi connectivity index (χ1n) is 6.84. The number of carbonyl (C=O) groups is 1. The lowest BCUT2D eigenvalue weighted by atomic mass is 10.3. The zero-order valence-electron chi connectivity index (χ0n) is 12.5. The highest BCUT2D eigenvalue weighted by molar-refractivity contribution is 6.32. The maximum Gasteiger partial charge on any atom is 0.266 e. The summed E-state index contributed by atoms with van der Waals surface area (Å²) in [4.78, 5) is 12.2. The summed E-state index contributed by atoms with van der Waals surface area (Å²) < 4.78 is 20.1. The Morgan fingerprint density at radius 1 is 1.36 bits per heavy atom. The molecule has 22 heavy (non-hydrogen) atoms. The van der Waals surface area contributed by atoms with Crippen molar-refractivity contribution in [3.63, 3.8) is 0 Å². The van der Waals surface area contributed by atoms with Crippen LogP contribution in [0.25, 0.3) is 0 Å². The number of benzene rings is 1. The van der Waals surface area contributed by atoms with Crippen LogP contribution < -0.4 is 10.1 Å². The summed E-state index contributed by atoms with van der Waals surface area (Å²) in [5.41, 5.74) is 0. The molecule has 7 heteroatoms. The molecule has 0 saturated carbocycles. The Hall–Kier alpha value is -2.08. The molecule has 0 aliphatic carbocycles. The molecule has 118 valence electrons. The Labute approximate surface area is 133 Å². The summed E-state index contributed by atoms with van der Waals surface area (Å²) >= 11 is 5.88. The molecular weight excluding hydrogens is 309 g/mol. The van der Waals surface area contributed by atoms with Gasteiger partial charge in [0.2, 0.25) is 0 Å². The van der Waals surface area contributed by atoms with E-state index in [9.17, 15) is 9.18 Å². The van der Waals surface area contributed by atoms with Gasteiger partial charge in [-0.2, -0.15) is 5.10 Å². The fraction of sp³-hybridized carbons (Fsp3) is 0.333. The third kappa shape index (κ3) is 3.76. The van der Waals surface area contributed by atoms with Crippen LogP contribution in [-0.4, -0.2) is 21.8 Å². The summed E-state index contributed by atoms with van der Waals surface area (Å²) in [5, 5.41) is 6.99. The van der Waals surface area contributed by atoms with Crippen molar-refractivity contribution in [1.29, 1.82) is 0 Å². The van der Waals surface area contributed by atoms with Crippen LogP contribution in [0.4, 0.5) is 10.2 Å². The highest BCUT2D eigenvalue weighted by atomic mass is 35.5. The van der Waals surface area contributed by atoms with Gasteiger partial charge in [-0.1, -0.05) is 11.6 Å². The van der Waals surface area contributed by atoms with Crippen molar-refractivity contribution in [2.75, 3.05) is 5.32 Å². The number of aromatic nitrogens is 2. The standard InChI is InChI=1S/C15H17ClFN3O2/c1-9(2)20-14(6-7-18-20)19-15(21)10(3)22-13-5-4-11(17)8-12(13)16/h4-10H,1-3H3,(H,19,21). The van der Waals surface area contributed by atoms with Crippen molar-refractivity contribution in [3.05, 3.63) is 41.3 Å². The largest absolute Gasteiger partial charge is 0.479 e. The van der Waals surface area contributed by atoms with Crippen molar-refractivity contribution >= 4 is 23.3 Å². The maximum atomic E-state index is 13.0. The first-order chi connectivity index (χ1) is 10.4. The monoisotopic (exact) mass is 325 g/mol. The number of rotatable bonds is 5. The summed E-state index contributed by atoms with van der Waals surface area (Å²) in [5.74, 6) is 0.0295. The molecular formula is C15H17ClFN3O2. The SMILES string of the molecule is CC(Oc1ccc(F)cc1Cl)C(=O)Nc1ccnn1C(C)C. The molecule has 1 atom stereocenters. The Bertz CT molecular complexity index is 673. The Morgan fingerprint density at radius 3 is 2.73 bits per heavy atom. The highest BCUT2D eigenvalue weighted by Gasteiger charge is 2.18. The van der Waals surface area contributed by atoms with Crippen molar-refractivity contribution < 1.29 is 13.9 Å². The number of nitrogens with one attached hydrogen (secondary N) is 1. The third-order valence-corrected chi connectivity index (χ3v) is 3.27. The minimum atomic E-state index is -0.793. The van der Waals surface area contributed by atoms with Gasteiger partial charge in [0.25, 0.3) is 5.91 Å². The first-order valence-corrected chi connectivity index (χ1v) is 7.22. The van der Waals surface area contributed by atoms with Crippen molar-refractivity contribution in [2.24, 2.45) is 0 Å². The van der Waals surface area contributed by atoms with E-state index in [1.54, 1.807) is 23.9 Å². The minimum absolute atomic E-state index is 0.117. The van der Waals surface area contributed by atoms with Gasteiger partial charge < -0.3 is 10.1 Å². The molecule has 1 heterocycles. The van der Waals surface area contributed by atoms with Crippen LogP contribution in [0.2, 0.25) is 5.02 Å². The van der Waals surface area contributed by atoms with E-state index >= 15 is 0 Å². The van der Waals surface area contributed by atoms with Gasteiger partial charge in [-0.3, -0.25) is 4.79 Å². The van der Waals surface area contributed by atoms with E-state index in [4.69, 9.17) is 16.3 Å². The fourth-order valence-electron chi connectivity index (χ4n) is 1.87. The lowest BCUT2D eigenvalue weighted by Crippen LogP contribution is -2.31. The van der Waals surface area contributed by atoms with Gasteiger partial charge in [-0.05, 0) is 39.0 Å². The second-order valence-electron chi connectivity index (χ2n) is 5.08. The topological polar surface area (TPSA) is 56.1 Å². The number of carbonyl (C=O) groups excluding carboxylic acids is 1. The van der Waals surface area contributed by atoms with Gasteiger partial charge >= 0.3 is 0 Å². The third-order valence-electron chi connectivity index (χ3n) is 2.98. The van der Waals surface area contributed by atoms with Crippen LogP contribution in [0.3, 0.4) is 0 Å². The number of hydrogen-bond acceptors (Lipinski definition) is 3. The summed E-state index contributed by atoms with van der Waals surface area (Å²) in [6, 6.07) is 5.57. The number of ether oxygens (including phenoxy) is 1. The van der Waals surface area contributed by atoms with E-state index in [1.807, 2.05) is 13.8 Å². The van der Waals surface area contributed by atoms with E-state index in [2.05, 4.69) is 10.4 Å². The predicted octanol–water partition coefficient (Wildman–Crippen LogP) is 3.66. The number of nitrogens with zero attached hydrogens (tertiary/aromatic N) is 2. The van der Waals surface area contributed by atoms with Crippen molar-refractivity contribution in [1.82, 2.24) is 9.78 Å². The summed E-state index contributed by atoms with van der Waals surface area (Å²) in [6.07, 6.45) is 0.816. The van der Waals surface area contributed by atoms with Crippen molar-refractivity contribution in [2.45, 2.75) is 32.9 Å². The molecule has 1 aromatic heterocycles. The molecule has 0 fully saturated rings. The van der Waals surface area contributed by atoms with Crippen LogP contribution in [-0.2, 0) is 4.79 Å². The number of anilines is 1. The van der Waals surface area contributed by atoms with Crippen LogP contribution in [0.1, 0.15) is 26.8 Å². The fourth-order valence-corrected chi connectivity index (χ4v) is 2.08.